The third-order valence-electron chi connectivity index (χ3n) is 10.9. The molecule has 0 saturated heterocycles. The van der Waals surface area contributed by atoms with Crippen LogP contribution in [0.15, 0.2) is 61.7 Å². The molecule has 5 nitrogen and oxygen atoms in total. The molecule has 0 atom stereocenters. The van der Waals surface area contributed by atoms with E-state index in [0.717, 1.165) is 56.9 Å². The Morgan fingerprint density at radius 1 is 0.537 bits per heavy atom. The largest absolute Gasteiger partial charge is 0.461 e. The normalized spacial score (nSPS) is 12.5. The molecule has 1 aliphatic heterocycles. The second kappa shape index (κ2) is 32.1. The number of rotatable bonds is 37. The first-order valence-electron chi connectivity index (χ1n) is 22.2. The number of carbonyl (C=O) groups is 3. The fourth-order valence-corrected chi connectivity index (χ4v) is 7.60. The molecular weight excluding hydrogens is 667 g/mol. The van der Waals surface area contributed by atoms with E-state index in [9.17, 15) is 14.4 Å². The molecule has 0 spiro atoms. The summed E-state index contributed by atoms with van der Waals surface area (Å²) in [4.78, 5) is 36.7. The predicted octanol–water partition coefficient (Wildman–Crippen LogP) is 13.4. The second-order valence-corrected chi connectivity index (χ2v) is 15.7. The predicted molar refractivity (Wildman–Crippen MR) is 228 cm³/mol. The molecule has 1 aliphatic rings. The molecule has 1 aromatic rings. The molecule has 0 saturated carbocycles. The minimum atomic E-state index is -0.500. The maximum absolute atomic E-state index is 12.9. The molecule has 0 aliphatic carbocycles. The van der Waals surface area contributed by atoms with Gasteiger partial charge in [0, 0.05) is 11.6 Å². The molecule has 1 N–H and O–H groups in total. The number of ether oxygens (including phenoxy) is 1. The van der Waals surface area contributed by atoms with E-state index in [0.29, 0.717) is 0 Å². The average Bonchev–Trinajstić information content (AvgIpc) is 3.48. The Labute approximate surface area is 331 Å². The van der Waals surface area contributed by atoms with Crippen molar-refractivity contribution in [3.05, 3.63) is 84.0 Å². The zero-order chi connectivity index (χ0) is 38.9. The second-order valence-electron chi connectivity index (χ2n) is 15.7. The molecular formula is C49H77NO4. The van der Waals surface area contributed by atoms with Gasteiger partial charge in [-0.2, -0.15) is 0 Å². The molecule has 1 heterocycles. The SMILES string of the molecule is C=CCCCCCCCCCCc1cc(CCCCCCCCCCC=C)c(COC(=O)CC2=CC(=O)NC2=O)c(CCCCCCCCCCC=C)c1. The van der Waals surface area contributed by atoms with Gasteiger partial charge in [0.15, 0.2) is 0 Å². The molecule has 1 aromatic carbocycles. The first kappa shape index (κ1) is 46.9. The van der Waals surface area contributed by atoms with E-state index in [4.69, 9.17) is 4.74 Å². The highest BCUT2D eigenvalue weighted by atomic mass is 16.5. The van der Waals surface area contributed by atoms with Crippen molar-refractivity contribution in [2.75, 3.05) is 0 Å². The summed E-state index contributed by atoms with van der Waals surface area (Å²) >= 11 is 0. The molecule has 54 heavy (non-hydrogen) atoms. The van der Waals surface area contributed by atoms with Crippen LogP contribution in [0.5, 0.6) is 0 Å². The van der Waals surface area contributed by atoms with Crippen LogP contribution in [-0.4, -0.2) is 17.8 Å². The molecule has 0 unspecified atom stereocenters. The van der Waals surface area contributed by atoms with Crippen molar-refractivity contribution in [1.29, 1.82) is 0 Å². The lowest BCUT2D eigenvalue weighted by molar-refractivity contribution is -0.144. The van der Waals surface area contributed by atoms with Gasteiger partial charge in [-0.25, -0.2) is 0 Å². The van der Waals surface area contributed by atoms with Crippen LogP contribution in [0.2, 0.25) is 0 Å². The van der Waals surface area contributed by atoms with E-state index in [1.54, 1.807) is 0 Å². The van der Waals surface area contributed by atoms with E-state index in [1.807, 2.05) is 18.2 Å². The number of amides is 2. The van der Waals surface area contributed by atoms with Crippen LogP contribution in [0.1, 0.15) is 202 Å². The van der Waals surface area contributed by atoms with Crippen molar-refractivity contribution in [2.45, 2.75) is 206 Å². The van der Waals surface area contributed by atoms with Crippen molar-refractivity contribution >= 4 is 17.8 Å². The summed E-state index contributed by atoms with van der Waals surface area (Å²) < 4.78 is 5.87. The van der Waals surface area contributed by atoms with Gasteiger partial charge >= 0.3 is 5.97 Å². The van der Waals surface area contributed by atoms with E-state index in [1.165, 1.54) is 164 Å². The summed E-state index contributed by atoms with van der Waals surface area (Å²) in [6.07, 6.45) is 44.1. The average molecular weight is 744 g/mol. The first-order valence-corrected chi connectivity index (χ1v) is 22.2. The number of allylic oxidation sites excluding steroid dienone is 3. The number of esters is 1. The number of aryl methyl sites for hydroxylation is 3. The summed E-state index contributed by atoms with van der Waals surface area (Å²) in [5, 5.41) is 2.23. The molecule has 302 valence electrons. The van der Waals surface area contributed by atoms with Crippen molar-refractivity contribution in [1.82, 2.24) is 5.32 Å². The topological polar surface area (TPSA) is 72.5 Å². The quantitative estimate of drug-likeness (QED) is 0.0319. The highest BCUT2D eigenvalue weighted by molar-refractivity contribution is 6.17. The van der Waals surface area contributed by atoms with Crippen LogP contribution in [0.25, 0.3) is 0 Å². The van der Waals surface area contributed by atoms with Gasteiger partial charge in [-0.1, -0.05) is 146 Å². The zero-order valence-electron chi connectivity index (χ0n) is 34.3. The molecule has 2 amide bonds. The van der Waals surface area contributed by atoms with E-state index >= 15 is 0 Å². The van der Waals surface area contributed by atoms with Crippen molar-refractivity contribution in [3.63, 3.8) is 0 Å². The van der Waals surface area contributed by atoms with Gasteiger partial charge in [-0.05, 0) is 99.3 Å². The summed E-state index contributed by atoms with van der Waals surface area (Å²) in [6.45, 7) is 11.7. The number of benzene rings is 1. The zero-order valence-corrected chi connectivity index (χ0v) is 34.3. The highest BCUT2D eigenvalue weighted by Gasteiger charge is 2.24. The van der Waals surface area contributed by atoms with Crippen molar-refractivity contribution in [3.8, 4) is 0 Å². The van der Waals surface area contributed by atoms with Crippen LogP contribution < -0.4 is 5.32 Å². The summed E-state index contributed by atoms with van der Waals surface area (Å²) in [6, 6.07) is 4.81. The van der Waals surface area contributed by atoms with Crippen LogP contribution in [0.3, 0.4) is 0 Å². The lowest BCUT2D eigenvalue weighted by Crippen LogP contribution is -2.23. The number of nitrogens with one attached hydrogen (secondary N) is 1. The van der Waals surface area contributed by atoms with Gasteiger partial charge in [-0.15, -0.1) is 19.7 Å². The Kier molecular flexibility index (Phi) is 27.9. The number of hydrogen-bond acceptors (Lipinski definition) is 4. The smallest absolute Gasteiger partial charge is 0.310 e. The van der Waals surface area contributed by atoms with Gasteiger partial charge in [0.05, 0.1) is 6.42 Å². The van der Waals surface area contributed by atoms with Crippen LogP contribution >= 0.6 is 0 Å². The lowest BCUT2D eigenvalue weighted by Gasteiger charge is -2.18. The lowest BCUT2D eigenvalue weighted by atomic mass is 9.90. The number of imide groups is 1. The maximum Gasteiger partial charge on any atom is 0.310 e. The summed E-state index contributed by atoms with van der Waals surface area (Å²) in [7, 11) is 0. The molecule has 5 heteroatoms. The molecule has 2 rings (SSSR count). The fraction of sp³-hybridized carbons (Fsp3) is 0.653. The van der Waals surface area contributed by atoms with Crippen LogP contribution in [0, 0.1) is 0 Å². The third kappa shape index (κ3) is 22.9. The number of carbonyl (C=O) groups excluding carboxylic acids is 3. The van der Waals surface area contributed by atoms with E-state index in [-0.39, 0.29) is 18.6 Å². The number of hydrogen-bond donors (Lipinski definition) is 1. The molecule has 0 fully saturated rings. The Morgan fingerprint density at radius 2 is 0.907 bits per heavy atom. The van der Waals surface area contributed by atoms with Gasteiger partial charge < -0.3 is 4.74 Å². The fourth-order valence-electron chi connectivity index (χ4n) is 7.60. The van der Waals surface area contributed by atoms with E-state index < -0.39 is 17.8 Å². The summed E-state index contributed by atoms with van der Waals surface area (Å²) in [5.41, 5.74) is 5.41. The monoisotopic (exact) mass is 744 g/mol. The van der Waals surface area contributed by atoms with Gasteiger partial charge in [0.1, 0.15) is 6.61 Å². The Morgan fingerprint density at radius 3 is 1.28 bits per heavy atom. The first-order chi connectivity index (χ1) is 26.5. The minimum Gasteiger partial charge on any atom is -0.461 e. The summed E-state index contributed by atoms with van der Waals surface area (Å²) in [5.74, 6) is -1.43. The van der Waals surface area contributed by atoms with Gasteiger partial charge in [0.2, 0.25) is 0 Å². The van der Waals surface area contributed by atoms with E-state index in [2.05, 4.69) is 37.2 Å². The van der Waals surface area contributed by atoms with Gasteiger partial charge in [0.25, 0.3) is 11.8 Å². The third-order valence-corrected chi connectivity index (χ3v) is 10.9. The van der Waals surface area contributed by atoms with Crippen molar-refractivity contribution < 1.29 is 19.1 Å². The Balaban J connectivity index is 2.07. The maximum atomic E-state index is 12.9. The molecule has 0 bridgehead atoms. The molecule has 0 aromatic heterocycles. The molecule has 0 radical (unpaired) electrons. The number of unbranched alkanes of at least 4 members (excludes halogenated alkanes) is 24. The van der Waals surface area contributed by atoms with Gasteiger partial charge in [-0.3, -0.25) is 19.7 Å². The van der Waals surface area contributed by atoms with Crippen LogP contribution in [-0.2, 0) is 45.0 Å². The Hall–Kier alpha value is -3.21. The van der Waals surface area contributed by atoms with Crippen molar-refractivity contribution in [2.24, 2.45) is 0 Å². The standard InChI is InChI=1S/C49H77NO4/c1-4-7-10-13-16-19-22-25-28-31-34-42-37-43(35-32-29-26-23-20-17-14-11-8-5-2)46(41-54-48(52)40-45-39-47(51)50-49(45)53)44(38-42)36-33-30-27-24-21-18-15-12-9-6-3/h4-6,37-39H,1-3,7-36,40-41H2,(H,50,51,53). The highest BCUT2D eigenvalue weighted by Crippen LogP contribution is 2.26. The Bertz CT molecular complexity index is 1210. The van der Waals surface area contributed by atoms with Crippen LogP contribution in [0.4, 0.5) is 0 Å². The minimum absolute atomic E-state index is 0.176.